The molecule has 120 valence electrons. The molecular formula is C18H21N3O2. The topological polar surface area (TPSA) is 66.3 Å². The molecule has 0 radical (unpaired) electrons. The van der Waals surface area contributed by atoms with Crippen molar-refractivity contribution in [1.29, 1.82) is 0 Å². The fraction of sp³-hybridized carbons (Fsp3) is 0.389. The zero-order valence-corrected chi connectivity index (χ0v) is 13.3. The number of carboxylic acid groups (broad SMARTS) is 1. The predicted molar refractivity (Wildman–Crippen MR) is 87.3 cm³/mol. The van der Waals surface area contributed by atoms with E-state index in [2.05, 4.69) is 46.1 Å². The second-order valence-corrected chi connectivity index (χ2v) is 6.00. The predicted octanol–water partition coefficient (Wildman–Crippen LogP) is 2.55. The first-order chi connectivity index (χ1) is 11.2. The van der Waals surface area contributed by atoms with Crippen LogP contribution in [0.25, 0.3) is 0 Å². The normalized spacial score (nSPS) is 14.2. The second kappa shape index (κ2) is 6.87. The highest BCUT2D eigenvalue weighted by molar-refractivity contribution is 5.84. The van der Waals surface area contributed by atoms with Crippen molar-refractivity contribution >= 4 is 5.97 Å². The number of benzene rings is 1. The first-order valence-electron chi connectivity index (χ1n) is 8.02. The molecule has 2 aromatic rings. The zero-order chi connectivity index (χ0) is 16.2. The van der Waals surface area contributed by atoms with Crippen molar-refractivity contribution in [3.05, 3.63) is 59.2 Å². The lowest BCUT2D eigenvalue weighted by atomic mass is 10.1. The third-order valence-corrected chi connectivity index (χ3v) is 4.35. The Morgan fingerprint density at radius 2 is 1.91 bits per heavy atom. The molecule has 1 heterocycles. The Morgan fingerprint density at radius 3 is 2.43 bits per heavy atom. The van der Waals surface area contributed by atoms with E-state index in [0.29, 0.717) is 12.6 Å². The van der Waals surface area contributed by atoms with Gasteiger partial charge in [-0.2, -0.15) is 0 Å². The van der Waals surface area contributed by atoms with Crippen LogP contribution in [-0.4, -0.2) is 38.5 Å². The highest BCUT2D eigenvalue weighted by Gasteiger charge is 2.26. The summed E-state index contributed by atoms with van der Waals surface area (Å²) in [7, 11) is 0. The minimum absolute atomic E-state index is 0.0101. The van der Waals surface area contributed by atoms with Crippen molar-refractivity contribution in [2.75, 3.05) is 6.54 Å². The summed E-state index contributed by atoms with van der Waals surface area (Å²) in [6.45, 7) is 3.88. The number of carboxylic acids is 1. The van der Waals surface area contributed by atoms with Crippen molar-refractivity contribution in [2.24, 2.45) is 0 Å². The van der Waals surface area contributed by atoms with E-state index in [4.69, 9.17) is 5.11 Å². The summed E-state index contributed by atoms with van der Waals surface area (Å²) in [5.41, 5.74) is 3.68. The Kier molecular flexibility index (Phi) is 4.67. The van der Waals surface area contributed by atoms with Gasteiger partial charge in [-0.05, 0) is 36.9 Å². The van der Waals surface area contributed by atoms with E-state index < -0.39 is 5.97 Å². The van der Waals surface area contributed by atoms with Gasteiger partial charge in [0.2, 0.25) is 0 Å². The van der Waals surface area contributed by atoms with Gasteiger partial charge in [-0.25, -0.2) is 9.78 Å². The molecule has 0 bridgehead atoms. The van der Waals surface area contributed by atoms with Gasteiger partial charge in [-0.1, -0.05) is 31.2 Å². The van der Waals surface area contributed by atoms with Crippen LogP contribution in [0.2, 0.25) is 0 Å². The van der Waals surface area contributed by atoms with Gasteiger partial charge in [0.15, 0.2) is 5.69 Å². The lowest BCUT2D eigenvalue weighted by molar-refractivity contribution is 0.0689. The van der Waals surface area contributed by atoms with Crippen LogP contribution >= 0.6 is 0 Å². The summed E-state index contributed by atoms with van der Waals surface area (Å²) in [6, 6.07) is 9.10. The summed E-state index contributed by atoms with van der Waals surface area (Å²) in [5.74, 6) is -1.04. The van der Waals surface area contributed by atoms with Gasteiger partial charge in [0.05, 0.1) is 18.1 Å². The van der Waals surface area contributed by atoms with Gasteiger partial charge in [0.25, 0.3) is 0 Å². The number of rotatable bonds is 6. The van der Waals surface area contributed by atoms with Crippen molar-refractivity contribution in [3.8, 4) is 0 Å². The number of carbonyl (C=O) groups is 1. The van der Waals surface area contributed by atoms with Crippen LogP contribution in [0.3, 0.4) is 0 Å². The molecule has 0 amide bonds. The van der Waals surface area contributed by atoms with E-state index in [1.807, 2.05) is 0 Å². The van der Waals surface area contributed by atoms with Crippen LogP contribution < -0.4 is 0 Å². The minimum Gasteiger partial charge on any atom is -0.476 e. The summed E-state index contributed by atoms with van der Waals surface area (Å²) >= 11 is 0. The van der Waals surface area contributed by atoms with Crippen molar-refractivity contribution in [2.45, 2.75) is 38.8 Å². The van der Waals surface area contributed by atoms with Gasteiger partial charge in [-0.3, -0.25) is 9.88 Å². The Bertz CT molecular complexity index is 660. The number of hydrogen-bond donors (Lipinski definition) is 1. The largest absolute Gasteiger partial charge is 0.476 e. The highest BCUT2D eigenvalue weighted by Crippen LogP contribution is 2.26. The molecule has 0 unspecified atom stereocenters. The fourth-order valence-corrected chi connectivity index (χ4v) is 3.23. The van der Waals surface area contributed by atoms with Crippen LogP contribution in [-0.2, 0) is 19.4 Å². The van der Waals surface area contributed by atoms with Gasteiger partial charge >= 0.3 is 5.97 Å². The number of aromatic carboxylic acids is 1. The second-order valence-electron chi connectivity index (χ2n) is 6.00. The first kappa shape index (κ1) is 15.6. The van der Waals surface area contributed by atoms with Crippen LogP contribution in [0.4, 0.5) is 0 Å². The molecule has 0 aliphatic heterocycles. The molecule has 23 heavy (non-hydrogen) atoms. The van der Waals surface area contributed by atoms with Crippen LogP contribution in [0.15, 0.2) is 36.7 Å². The summed E-state index contributed by atoms with van der Waals surface area (Å²) < 4.78 is 0. The molecule has 1 aromatic heterocycles. The van der Waals surface area contributed by atoms with Crippen molar-refractivity contribution < 1.29 is 9.90 Å². The lowest BCUT2D eigenvalue weighted by Crippen LogP contribution is -2.36. The number of fused-ring (bicyclic) bond motifs is 1. The van der Waals surface area contributed by atoms with Crippen LogP contribution in [0.5, 0.6) is 0 Å². The molecule has 1 N–H and O–H groups in total. The summed E-state index contributed by atoms with van der Waals surface area (Å²) in [6.07, 6.45) is 6.13. The number of hydrogen-bond acceptors (Lipinski definition) is 4. The maximum absolute atomic E-state index is 10.9. The average Bonchev–Trinajstić information content (AvgIpc) is 2.99. The average molecular weight is 311 g/mol. The summed E-state index contributed by atoms with van der Waals surface area (Å²) in [4.78, 5) is 21.5. The van der Waals surface area contributed by atoms with E-state index in [9.17, 15) is 4.79 Å². The maximum atomic E-state index is 10.9. The van der Waals surface area contributed by atoms with E-state index in [1.165, 1.54) is 17.3 Å². The molecule has 1 aromatic carbocycles. The van der Waals surface area contributed by atoms with Gasteiger partial charge in [0, 0.05) is 12.6 Å². The Labute approximate surface area is 136 Å². The molecular weight excluding hydrogens is 290 g/mol. The highest BCUT2D eigenvalue weighted by atomic mass is 16.4. The lowest BCUT2D eigenvalue weighted by Gasteiger charge is -2.28. The number of aromatic nitrogens is 2. The molecule has 5 nitrogen and oxygen atoms in total. The maximum Gasteiger partial charge on any atom is 0.356 e. The third kappa shape index (κ3) is 3.56. The Hall–Kier alpha value is -2.27. The first-order valence-corrected chi connectivity index (χ1v) is 8.02. The monoisotopic (exact) mass is 311 g/mol. The zero-order valence-electron chi connectivity index (χ0n) is 13.3. The van der Waals surface area contributed by atoms with Gasteiger partial charge in [-0.15, -0.1) is 0 Å². The molecule has 0 fully saturated rings. The molecule has 1 aliphatic carbocycles. The Balaban J connectivity index is 1.71. The van der Waals surface area contributed by atoms with E-state index >= 15 is 0 Å². The smallest absolute Gasteiger partial charge is 0.356 e. The van der Waals surface area contributed by atoms with Crippen LogP contribution in [0.1, 0.15) is 40.7 Å². The molecule has 5 heteroatoms. The van der Waals surface area contributed by atoms with E-state index in [0.717, 1.165) is 31.5 Å². The van der Waals surface area contributed by atoms with Gasteiger partial charge in [0.1, 0.15) is 0 Å². The Morgan fingerprint density at radius 1 is 1.22 bits per heavy atom. The quantitative estimate of drug-likeness (QED) is 0.888. The fourth-order valence-electron chi connectivity index (χ4n) is 3.23. The van der Waals surface area contributed by atoms with E-state index in [1.54, 1.807) is 6.20 Å². The SMILES string of the molecule is CCCN(Cc1cnc(C(=O)O)cn1)C1Cc2ccccc2C1. The van der Waals surface area contributed by atoms with Crippen LogP contribution in [0, 0.1) is 0 Å². The van der Waals surface area contributed by atoms with E-state index in [-0.39, 0.29) is 5.69 Å². The molecule has 3 rings (SSSR count). The minimum atomic E-state index is -1.04. The standard InChI is InChI=1S/C18H21N3O2/c1-2-7-21(12-15-10-20-17(11-19-15)18(22)23)16-8-13-5-3-4-6-14(13)9-16/h3-6,10-11,16H,2,7-9,12H2,1H3,(H,22,23). The summed E-state index contributed by atoms with van der Waals surface area (Å²) in [5, 5.41) is 8.90. The van der Waals surface area contributed by atoms with Crippen molar-refractivity contribution in [3.63, 3.8) is 0 Å². The molecule has 0 atom stereocenters. The third-order valence-electron chi connectivity index (χ3n) is 4.35. The number of nitrogens with zero attached hydrogens (tertiary/aromatic N) is 3. The molecule has 1 aliphatic rings. The molecule has 0 spiro atoms. The molecule has 0 saturated carbocycles. The van der Waals surface area contributed by atoms with Gasteiger partial charge < -0.3 is 5.11 Å². The van der Waals surface area contributed by atoms with Crippen molar-refractivity contribution in [1.82, 2.24) is 14.9 Å². The molecule has 0 saturated heterocycles.